The Balaban J connectivity index is 1.70. The van der Waals surface area contributed by atoms with Gasteiger partial charge in [0, 0.05) is 0 Å². The van der Waals surface area contributed by atoms with Gasteiger partial charge in [-0.15, -0.1) is 0 Å². The van der Waals surface area contributed by atoms with Crippen LogP contribution >= 0.6 is 11.7 Å². The van der Waals surface area contributed by atoms with E-state index in [1.807, 2.05) is 6.07 Å². The molecule has 3 rings (SSSR count). The summed E-state index contributed by atoms with van der Waals surface area (Å²) in [7, 11) is 0. The summed E-state index contributed by atoms with van der Waals surface area (Å²) >= 11 is 1.57. The molecule has 0 N–H and O–H groups in total. The van der Waals surface area contributed by atoms with Crippen LogP contribution in [0.5, 0.6) is 11.5 Å². The zero-order valence-electron chi connectivity index (χ0n) is 19.7. The summed E-state index contributed by atoms with van der Waals surface area (Å²) in [4.78, 5) is 2.25. The van der Waals surface area contributed by atoms with Crippen LogP contribution in [-0.2, 0) is 0 Å². The quantitative estimate of drug-likeness (QED) is 0.134. The first kappa shape index (κ1) is 25.3. The monoisotopic (exact) mass is 522 g/mol. The molecule has 0 bridgehead atoms. The summed E-state index contributed by atoms with van der Waals surface area (Å²) in [5, 5.41) is 0. The number of unbranched alkanes of at least 4 members (excludes halogenated alkanes) is 10. The van der Waals surface area contributed by atoms with Crippen LogP contribution in [0.2, 0.25) is 0 Å². The van der Waals surface area contributed by atoms with E-state index in [1.165, 1.54) is 80.4 Å². The van der Waals surface area contributed by atoms with Crippen molar-refractivity contribution in [1.82, 2.24) is 8.75 Å². The third kappa shape index (κ3) is 7.60. The second-order valence-electron chi connectivity index (χ2n) is 8.42. The van der Waals surface area contributed by atoms with Crippen molar-refractivity contribution in [3.05, 3.63) is 23.1 Å². The molecule has 6 heteroatoms. The van der Waals surface area contributed by atoms with Crippen LogP contribution in [0.25, 0.3) is 21.0 Å². The fraction of sp³-hybridized carbons (Fsp3) is 0.615. The summed E-state index contributed by atoms with van der Waals surface area (Å²) in [6.07, 6.45) is 15.1. The molecule has 0 atom stereocenters. The number of ether oxygens (including phenoxy) is 2. The fourth-order valence-electron chi connectivity index (χ4n) is 3.91. The van der Waals surface area contributed by atoms with E-state index in [2.05, 4.69) is 39.7 Å². The van der Waals surface area contributed by atoms with Gasteiger partial charge in [-0.05, 0) is 0 Å². The minimum atomic E-state index is 0.298. The maximum atomic E-state index is 6.43. The Morgan fingerprint density at radius 1 is 0.812 bits per heavy atom. The molecule has 0 saturated carbocycles. The zero-order chi connectivity index (χ0) is 22.4. The number of benzene rings is 1. The molecule has 3 aromatic rings. The molecule has 4 nitrogen and oxygen atoms in total. The topological polar surface area (TPSA) is 44.2 Å². The van der Waals surface area contributed by atoms with E-state index in [-0.39, 0.29) is 0 Å². The predicted octanol–water partition coefficient (Wildman–Crippen LogP) is 7.89. The summed E-state index contributed by atoms with van der Waals surface area (Å²) in [6.45, 7) is 5.97. The van der Waals surface area contributed by atoms with Crippen molar-refractivity contribution in [1.29, 1.82) is 0 Å². The summed E-state index contributed by atoms with van der Waals surface area (Å²) in [6, 6.07) is 6.37. The average molecular weight is 522 g/mol. The van der Waals surface area contributed by atoms with E-state index in [0.717, 1.165) is 54.2 Å². The molecule has 0 fully saturated rings. The van der Waals surface area contributed by atoms with Gasteiger partial charge in [-0.25, -0.2) is 0 Å². The van der Waals surface area contributed by atoms with Gasteiger partial charge in [-0.2, -0.15) is 0 Å². The second kappa shape index (κ2) is 14.7. The third-order valence-electron chi connectivity index (χ3n) is 5.74. The Kier molecular flexibility index (Phi) is 11.6. The van der Waals surface area contributed by atoms with Crippen molar-refractivity contribution in [2.24, 2.45) is 0 Å². The molecule has 2 aromatic heterocycles. The van der Waals surface area contributed by atoms with Crippen LogP contribution in [0.15, 0.2) is 23.1 Å². The Bertz CT molecular complexity index is 895. The van der Waals surface area contributed by atoms with Crippen molar-refractivity contribution >= 4 is 37.3 Å². The van der Waals surface area contributed by atoms with Gasteiger partial charge in [-0.3, -0.25) is 0 Å². The first-order valence-corrected chi connectivity index (χ1v) is 15.0. The molecular weight excluding hydrogens is 483 g/mol. The van der Waals surface area contributed by atoms with Gasteiger partial charge < -0.3 is 0 Å². The average Bonchev–Trinajstić information content (AvgIpc) is 3.50. The summed E-state index contributed by atoms with van der Waals surface area (Å²) in [5.74, 6) is 1.71. The molecular formula is C26H38N2O2SSe. The number of aromatic nitrogens is 2. The van der Waals surface area contributed by atoms with Crippen LogP contribution < -0.4 is 9.47 Å². The van der Waals surface area contributed by atoms with Gasteiger partial charge in [0.05, 0.1) is 0 Å². The van der Waals surface area contributed by atoms with E-state index in [4.69, 9.17) is 9.47 Å². The number of fused-ring (bicyclic) bond motifs is 1. The second-order valence-corrected chi connectivity index (χ2v) is 10.9. The Morgan fingerprint density at radius 3 is 2.12 bits per heavy atom. The Labute approximate surface area is 203 Å². The van der Waals surface area contributed by atoms with Crippen molar-refractivity contribution < 1.29 is 9.47 Å². The Hall–Kier alpha value is -1.36. The van der Waals surface area contributed by atoms with E-state index in [0.29, 0.717) is 14.5 Å². The fourth-order valence-corrected chi connectivity index (χ4v) is 6.05. The molecule has 0 amide bonds. The van der Waals surface area contributed by atoms with Gasteiger partial charge in [0.1, 0.15) is 0 Å². The van der Waals surface area contributed by atoms with Gasteiger partial charge >= 0.3 is 197 Å². The molecule has 0 unspecified atom stereocenters. The van der Waals surface area contributed by atoms with Crippen LogP contribution in [0, 0.1) is 0 Å². The van der Waals surface area contributed by atoms with Gasteiger partial charge in [0.2, 0.25) is 0 Å². The number of rotatable bonds is 17. The van der Waals surface area contributed by atoms with Crippen molar-refractivity contribution in [3.8, 4) is 21.5 Å². The predicted molar refractivity (Wildman–Crippen MR) is 138 cm³/mol. The van der Waals surface area contributed by atoms with Crippen molar-refractivity contribution in [3.63, 3.8) is 0 Å². The van der Waals surface area contributed by atoms with Gasteiger partial charge in [-0.1, -0.05) is 6.92 Å². The molecule has 0 saturated heterocycles. The number of hydrogen-bond donors (Lipinski definition) is 0. The molecule has 0 radical (unpaired) electrons. The summed E-state index contributed by atoms with van der Waals surface area (Å²) in [5.41, 5.74) is 2.97. The first-order chi connectivity index (χ1) is 15.8. The summed E-state index contributed by atoms with van der Waals surface area (Å²) < 4.78 is 23.2. The molecule has 0 aliphatic carbocycles. The van der Waals surface area contributed by atoms with Gasteiger partial charge in [0.25, 0.3) is 0 Å². The van der Waals surface area contributed by atoms with Crippen LogP contribution in [0.1, 0.15) is 90.9 Å². The molecule has 0 aliphatic rings. The SMILES string of the molecule is CCCCCCCCOc1cc2nsnc2c(-c2ccc[se]2)c1OCCCCCCCC. The normalized spacial score (nSPS) is 11.3. The van der Waals surface area contributed by atoms with Gasteiger partial charge in [0.15, 0.2) is 0 Å². The number of hydrogen-bond acceptors (Lipinski definition) is 5. The number of nitrogens with zero attached hydrogens (tertiary/aromatic N) is 2. The van der Waals surface area contributed by atoms with Crippen molar-refractivity contribution in [2.75, 3.05) is 13.2 Å². The van der Waals surface area contributed by atoms with Crippen LogP contribution in [-0.4, -0.2) is 36.5 Å². The van der Waals surface area contributed by atoms with E-state index in [1.54, 1.807) is 0 Å². The third-order valence-corrected chi connectivity index (χ3v) is 8.14. The standard InChI is InChI=1S/C26H38N2O2SSe/c1-3-5-7-9-11-13-17-29-22-20-21-25(28-31-27-21)24(23-16-15-19-32-23)26(22)30-18-14-12-10-8-6-4-2/h15-16,19-20H,3-14,17-18H2,1-2H3. The zero-order valence-corrected chi connectivity index (χ0v) is 22.3. The van der Waals surface area contributed by atoms with Crippen LogP contribution in [0.4, 0.5) is 0 Å². The van der Waals surface area contributed by atoms with Crippen LogP contribution in [0.3, 0.4) is 0 Å². The molecule has 32 heavy (non-hydrogen) atoms. The maximum absolute atomic E-state index is 6.43. The minimum absolute atomic E-state index is 0.298. The first-order valence-electron chi connectivity index (χ1n) is 12.4. The molecule has 2 heterocycles. The molecule has 1 aromatic carbocycles. The van der Waals surface area contributed by atoms with E-state index >= 15 is 0 Å². The molecule has 176 valence electrons. The van der Waals surface area contributed by atoms with E-state index < -0.39 is 0 Å². The van der Waals surface area contributed by atoms with Crippen molar-refractivity contribution in [2.45, 2.75) is 90.9 Å². The Morgan fingerprint density at radius 2 is 1.47 bits per heavy atom. The molecule has 0 aliphatic heterocycles. The molecule has 0 spiro atoms. The van der Waals surface area contributed by atoms with E-state index in [9.17, 15) is 0 Å².